The molecule has 0 unspecified atom stereocenters. The molecule has 0 aliphatic carbocycles. The molecule has 0 radical (unpaired) electrons. The van der Waals surface area contributed by atoms with E-state index in [4.69, 9.17) is 9.11 Å². The van der Waals surface area contributed by atoms with Gasteiger partial charge in [0.05, 0.1) is 9.79 Å². The van der Waals surface area contributed by atoms with Crippen molar-refractivity contribution in [3.8, 4) is 0 Å². The van der Waals surface area contributed by atoms with Gasteiger partial charge in [-0.15, -0.1) is 0 Å². The van der Waals surface area contributed by atoms with Crippen LogP contribution in [0.5, 0.6) is 0 Å². The SMILES string of the molecule is O=C(c1cccc(S(=O)(=O)O)c1)c1cccc(S(=O)(=O)O)c1.[NaH]. The van der Waals surface area contributed by atoms with Crippen LogP contribution in [0, 0.1) is 0 Å². The van der Waals surface area contributed by atoms with Crippen molar-refractivity contribution in [1.29, 1.82) is 0 Å². The van der Waals surface area contributed by atoms with E-state index in [1.807, 2.05) is 0 Å². The molecular formula is C13H11NaO7S2. The van der Waals surface area contributed by atoms with Crippen LogP contribution in [0.15, 0.2) is 58.3 Å². The molecule has 0 spiro atoms. The Hall–Kier alpha value is -1.07. The van der Waals surface area contributed by atoms with Crippen LogP contribution >= 0.6 is 0 Å². The second kappa shape index (κ2) is 7.22. The molecule has 2 N–H and O–H groups in total. The van der Waals surface area contributed by atoms with E-state index in [1.54, 1.807) is 0 Å². The predicted molar refractivity (Wildman–Crippen MR) is 83.1 cm³/mol. The minimum atomic E-state index is -4.46. The number of carbonyl (C=O) groups is 1. The van der Waals surface area contributed by atoms with Gasteiger partial charge in [-0.25, -0.2) is 0 Å². The number of benzene rings is 2. The number of hydrogen-bond acceptors (Lipinski definition) is 5. The maximum atomic E-state index is 12.3. The van der Waals surface area contributed by atoms with Crippen LogP contribution in [0.1, 0.15) is 15.9 Å². The van der Waals surface area contributed by atoms with Gasteiger partial charge in [-0.05, 0) is 24.3 Å². The van der Waals surface area contributed by atoms with Gasteiger partial charge < -0.3 is 0 Å². The average Bonchev–Trinajstić information content (AvgIpc) is 2.45. The monoisotopic (exact) mass is 366 g/mol. The second-order valence-electron chi connectivity index (χ2n) is 4.33. The van der Waals surface area contributed by atoms with Crippen LogP contribution < -0.4 is 0 Å². The fourth-order valence-electron chi connectivity index (χ4n) is 1.76. The molecule has 0 saturated carbocycles. The molecule has 0 saturated heterocycles. The van der Waals surface area contributed by atoms with Crippen molar-refractivity contribution in [2.75, 3.05) is 0 Å². The molecular weight excluding hydrogens is 355 g/mol. The zero-order valence-electron chi connectivity index (χ0n) is 10.9. The van der Waals surface area contributed by atoms with E-state index in [0.717, 1.165) is 24.3 Å². The topological polar surface area (TPSA) is 126 Å². The Morgan fingerprint density at radius 1 is 0.739 bits per heavy atom. The Bertz CT molecular complexity index is 872. The van der Waals surface area contributed by atoms with E-state index in [1.165, 1.54) is 24.3 Å². The van der Waals surface area contributed by atoms with Crippen molar-refractivity contribution in [1.82, 2.24) is 0 Å². The number of rotatable bonds is 4. The Balaban J connectivity index is 0.00000264. The van der Waals surface area contributed by atoms with Crippen molar-refractivity contribution in [2.24, 2.45) is 0 Å². The molecule has 118 valence electrons. The summed E-state index contributed by atoms with van der Waals surface area (Å²) in [6.45, 7) is 0. The average molecular weight is 366 g/mol. The van der Waals surface area contributed by atoms with Crippen LogP contribution in [0.2, 0.25) is 0 Å². The zero-order valence-corrected chi connectivity index (χ0v) is 12.5. The molecule has 2 rings (SSSR count). The van der Waals surface area contributed by atoms with Gasteiger partial charge in [-0.2, -0.15) is 16.8 Å². The van der Waals surface area contributed by atoms with E-state index < -0.39 is 35.8 Å². The van der Waals surface area contributed by atoms with Crippen LogP contribution in [0.3, 0.4) is 0 Å². The van der Waals surface area contributed by atoms with Crippen molar-refractivity contribution in [3.05, 3.63) is 59.7 Å². The summed E-state index contributed by atoms with van der Waals surface area (Å²) in [6.07, 6.45) is 0. The van der Waals surface area contributed by atoms with Gasteiger partial charge in [-0.1, -0.05) is 24.3 Å². The van der Waals surface area contributed by atoms with Crippen LogP contribution in [-0.2, 0) is 20.2 Å². The Kier molecular flexibility index (Phi) is 6.27. The summed E-state index contributed by atoms with van der Waals surface area (Å²) in [4.78, 5) is 11.3. The molecule has 0 heterocycles. The molecule has 0 aliphatic heterocycles. The van der Waals surface area contributed by atoms with Gasteiger partial charge in [0.25, 0.3) is 20.2 Å². The van der Waals surface area contributed by atoms with Gasteiger partial charge in [0, 0.05) is 11.1 Å². The molecule has 2 aromatic carbocycles. The van der Waals surface area contributed by atoms with E-state index >= 15 is 0 Å². The predicted octanol–water partition coefficient (Wildman–Crippen LogP) is 0.763. The van der Waals surface area contributed by atoms with Gasteiger partial charge in [0.15, 0.2) is 5.78 Å². The summed E-state index contributed by atoms with van der Waals surface area (Å²) in [6, 6.07) is 9.33. The fourth-order valence-corrected chi connectivity index (χ4v) is 2.82. The van der Waals surface area contributed by atoms with Crippen LogP contribution in [0.25, 0.3) is 0 Å². The fraction of sp³-hybridized carbons (Fsp3) is 0. The first-order valence-electron chi connectivity index (χ1n) is 5.79. The standard InChI is InChI=1S/C13H10O7S2.Na.H/c14-13(9-3-1-5-11(7-9)21(15,16)17)10-4-2-6-12(8-10)22(18,19)20;;/h1-8H,(H,15,16,17)(H,18,19,20);;. The molecule has 2 aromatic rings. The van der Waals surface area contributed by atoms with Gasteiger partial charge in [0.2, 0.25) is 0 Å². The van der Waals surface area contributed by atoms with E-state index in [2.05, 4.69) is 0 Å². The minimum absolute atomic E-state index is 0. The summed E-state index contributed by atoms with van der Waals surface area (Å²) in [5.41, 5.74) is -0.106. The quantitative estimate of drug-likeness (QED) is 0.465. The number of carbonyl (C=O) groups excluding carboxylic acids is 1. The molecule has 7 nitrogen and oxygen atoms in total. The zero-order chi connectivity index (χ0) is 16.5. The molecule has 0 aromatic heterocycles. The first-order valence-corrected chi connectivity index (χ1v) is 8.67. The molecule has 10 heteroatoms. The molecule has 0 amide bonds. The molecule has 23 heavy (non-hydrogen) atoms. The molecule has 0 atom stereocenters. The first kappa shape index (κ1) is 20.0. The third-order valence-corrected chi connectivity index (χ3v) is 4.49. The first-order chi connectivity index (χ1) is 10.1. The van der Waals surface area contributed by atoms with E-state index in [-0.39, 0.29) is 40.7 Å². The summed E-state index contributed by atoms with van der Waals surface area (Å²) >= 11 is 0. The van der Waals surface area contributed by atoms with Crippen molar-refractivity contribution in [2.45, 2.75) is 9.79 Å². The third-order valence-electron chi connectivity index (χ3n) is 2.79. The molecule has 0 fully saturated rings. The Labute approximate surface area is 155 Å². The van der Waals surface area contributed by atoms with E-state index in [0.29, 0.717) is 0 Å². The summed E-state index contributed by atoms with van der Waals surface area (Å²) in [7, 11) is -8.92. The summed E-state index contributed by atoms with van der Waals surface area (Å²) in [5.74, 6) is -0.656. The third kappa shape index (κ3) is 4.95. The number of hydrogen-bond donors (Lipinski definition) is 2. The maximum absolute atomic E-state index is 12.3. The van der Waals surface area contributed by atoms with Crippen LogP contribution in [-0.4, -0.2) is 61.3 Å². The van der Waals surface area contributed by atoms with Gasteiger partial charge >= 0.3 is 29.6 Å². The van der Waals surface area contributed by atoms with E-state index in [9.17, 15) is 21.6 Å². The second-order valence-corrected chi connectivity index (χ2v) is 7.18. The number of ketones is 1. The van der Waals surface area contributed by atoms with Crippen molar-refractivity contribution < 1.29 is 30.7 Å². The van der Waals surface area contributed by atoms with Crippen molar-refractivity contribution in [3.63, 3.8) is 0 Å². The van der Waals surface area contributed by atoms with Crippen LogP contribution in [0.4, 0.5) is 0 Å². The van der Waals surface area contributed by atoms with Crippen molar-refractivity contribution >= 4 is 55.6 Å². The Morgan fingerprint density at radius 3 is 1.39 bits per heavy atom. The summed E-state index contributed by atoms with van der Waals surface area (Å²) in [5, 5.41) is 0. The molecule has 0 aliphatic rings. The normalized spacial score (nSPS) is 11.6. The molecule has 0 bridgehead atoms. The summed E-state index contributed by atoms with van der Waals surface area (Å²) < 4.78 is 62.2. The Morgan fingerprint density at radius 2 is 1.09 bits per heavy atom. The van der Waals surface area contributed by atoms with Gasteiger partial charge in [0.1, 0.15) is 0 Å². The van der Waals surface area contributed by atoms with Gasteiger partial charge in [-0.3, -0.25) is 13.9 Å².